The lowest BCUT2D eigenvalue weighted by Gasteiger charge is -2.22. The van der Waals surface area contributed by atoms with E-state index in [1.54, 1.807) is 24.3 Å². The van der Waals surface area contributed by atoms with Crippen LogP contribution in [0.15, 0.2) is 54.6 Å². The first-order valence-corrected chi connectivity index (χ1v) is 9.20. The predicted octanol–water partition coefficient (Wildman–Crippen LogP) is 4.08. The number of ether oxygens (including phenoxy) is 2. The molecule has 0 aliphatic heterocycles. The third kappa shape index (κ3) is 5.56. The van der Waals surface area contributed by atoms with Gasteiger partial charge >= 0.3 is 6.09 Å². The second-order valence-electron chi connectivity index (χ2n) is 6.34. The summed E-state index contributed by atoms with van der Waals surface area (Å²) in [5, 5.41) is 2.86. The molecule has 0 aromatic heterocycles. The second-order valence-corrected chi connectivity index (χ2v) is 6.34. The van der Waals surface area contributed by atoms with Gasteiger partial charge in [-0.2, -0.15) is 0 Å². The number of nitrogens with zero attached hydrogens (tertiary/aromatic N) is 1. The standard InChI is InChI=1S/C21H24N2O4/c1-2-26-14-13-23(18-8-4-3-5-9-18)21(25)27-19-10-6-7-17(15-19)22-20(24)16-11-12-16/h3-10,15-16H,2,11-14H2,1H3,(H,22,24). The number of benzene rings is 2. The molecule has 1 fully saturated rings. The first kappa shape index (κ1) is 18.9. The van der Waals surface area contributed by atoms with Crippen molar-refractivity contribution in [3.8, 4) is 5.75 Å². The van der Waals surface area contributed by atoms with Gasteiger partial charge in [-0.15, -0.1) is 0 Å². The quantitative estimate of drug-likeness (QED) is 0.713. The summed E-state index contributed by atoms with van der Waals surface area (Å²) >= 11 is 0. The largest absolute Gasteiger partial charge is 0.419 e. The van der Waals surface area contributed by atoms with Crippen LogP contribution in [-0.4, -0.2) is 31.8 Å². The van der Waals surface area contributed by atoms with Crippen molar-refractivity contribution in [3.05, 3.63) is 54.6 Å². The average Bonchev–Trinajstić information content (AvgIpc) is 3.51. The van der Waals surface area contributed by atoms with Crippen molar-refractivity contribution in [3.63, 3.8) is 0 Å². The Labute approximate surface area is 159 Å². The molecule has 0 saturated heterocycles. The highest BCUT2D eigenvalue weighted by Gasteiger charge is 2.29. The molecule has 0 unspecified atom stereocenters. The monoisotopic (exact) mass is 368 g/mol. The van der Waals surface area contributed by atoms with Gasteiger partial charge in [0.1, 0.15) is 5.75 Å². The highest BCUT2D eigenvalue weighted by molar-refractivity contribution is 5.94. The van der Waals surface area contributed by atoms with Crippen molar-refractivity contribution in [2.75, 3.05) is 30.0 Å². The Balaban J connectivity index is 1.68. The van der Waals surface area contributed by atoms with Crippen LogP contribution >= 0.6 is 0 Å². The molecular weight excluding hydrogens is 344 g/mol. The maximum Gasteiger partial charge on any atom is 0.419 e. The molecule has 0 atom stereocenters. The zero-order valence-corrected chi connectivity index (χ0v) is 15.4. The first-order valence-electron chi connectivity index (χ1n) is 9.20. The predicted molar refractivity (Wildman–Crippen MR) is 104 cm³/mol. The summed E-state index contributed by atoms with van der Waals surface area (Å²) in [6.45, 7) is 3.29. The van der Waals surface area contributed by atoms with Gasteiger partial charge in [0.2, 0.25) is 5.91 Å². The summed E-state index contributed by atoms with van der Waals surface area (Å²) < 4.78 is 10.9. The normalized spacial score (nSPS) is 13.1. The molecule has 0 heterocycles. The minimum Gasteiger partial charge on any atom is -0.410 e. The van der Waals surface area contributed by atoms with Gasteiger partial charge in [0.15, 0.2) is 0 Å². The van der Waals surface area contributed by atoms with Crippen LogP contribution in [0.25, 0.3) is 0 Å². The maximum absolute atomic E-state index is 12.7. The topological polar surface area (TPSA) is 67.9 Å². The van der Waals surface area contributed by atoms with Crippen LogP contribution in [0.4, 0.5) is 16.2 Å². The van der Waals surface area contributed by atoms with E-state index in [0.29, 0.717) is 31.2 Å². The highest BCUT2D eigenvalue weighted by atomic mass is 16.6. The molecule has 27 heavy (non-hydrogen) atoms. The molecule has 1 aliphatic rings. The summed E-state index contributed by atoms with van der Waals surface area (Å²) in [6, 6.07) is 16.2. The Bertz CT molecular complexity index is 775. The van der Waals surface area contributed by atoms with E-state index >= 15 is 0 Å². The molecule has 2 aromatic rings. The maximum atomic E-state index is 12.7. The van der Waals surface area contributed by atoms with Crippen LogP contribution in [0.2, 0.25) is 0 Å². The molecule has 2 aromatic carbocycles. The van der Waals surface area contributed by atoms with E-state index in [1.807, 2.05) is 37.3 Å². The van der Waals surface area contributed by atoms with Crippen molar-refractivity contribution >= 4 is 23.4 Å². The van der Waals surface area contributed by atoms with E-state index < -0.39 is 6.09 Å². The fraction of sp³-hybridized carbons (Fsp3) is 0.333. The number of carbonyl (C=O) groups is 2. The van der Waals surface area contributed by atoms with Gasteiger partial charge in [0, 0.05) is 30.0 Å². The van der Waals surface area contributed by atoms with Gasteiger partial charge < -0.3 is 14.8 Å². The van der Waals surface area contributed by atoms with Gasteiger partial charge in [-0.05, 0) is 44.0 Å². The average molecular weight is 368 g/mol. The zero-order chi connectivity index (χ0) is 19.1. The molecule has 6 nitrogen and oxygen atoms in total. The molecule has 3 rings (SSSR count). The van der Waals surface area contributed by atoms with Gasteiger partial charge in [-0.25, -0.2) is 4.79 Å². The van der Waals surface area contributed by atoms with Crippen molar-refractivity contribution < 1.29 is 19.1 Å². The van der Waals surface area contributed by atoms with Gasteiger partial charge in [-0.3, -0.25) is 9.69 Å². The van der Waals surface area contributed by atoms with E-state index in [1.165, 1.54) is 4.90 Å². The van der Waals surface area contributed by atoms with Crippen molar-refractivity contribution in [2.24, 2.45) is 5.92 Å². The number of hydrogen-bond donors (Lipinski definition) is 1. The highest BCUT2D eigenvalue weighted by Crippen LogP contribution is 2.30. The number of nitrogens with one attached hydrogen (secondary N) is 1. The number of carbonyl (C=O) groups excluding carboxylic acids is 2. The van der Waals surface area contributed by atoms with Crippen LogP contribution < -0.4 is 15.0 Å². The van der Waals surface area contributed by atoms with Crippen molar-refractivity contribution in [1.29, 1.82) is 0 Å². The summed E-state index contributed by atoms with van der Waals surface area (Å²) in [7, 11) is 0. The van der Waals surface area contributed by atoms with Crippen LogP contribution in [0.3, 0.4) is 0 Å². The molecule has 0 radical (unpaired) electrons. The fourth-order valence-corrected chi connectivity index (χ4v) is 2.62. The number of hydrogen-bond acceptors (Lipinski definition) is 4. The van der Waals surface area contributed by atoms with E-state index in [-0.39, 0.29) is 11.8 Å². The molecule has 1 aliphatic carbocycles. The number of anilines is 2. The molecule has 142 valence electrons. The third-order valence-electron chi connectivity index (χ3n) is 4.21. The lowest BCUT2D eigenvalue weighted by atomic mass is 10.3. The van der Waals surface area contributed by atoms with Crippen LogP contribution in [-0.2, 0) is 9.53 Å². The molecule has 2 amide bonds. The Kier molecular flexibility index (Phi) is 6.44. The summed E-state index contributed by atoms with van der Waals surface area (Å²) in [5.41, 5.74) is 1.36. The van der Waals surface area contributed by atoms with E-state index in [2.05, 4.69) is 5.32 Å². The first-order chi connectivity index (χ1) is 13.2. The van der Waals surface area contributed by atoms with Crippen LogP contribution in [0, 0.1) is 5.92 Å². The summed E-state index contributed by atoms with van der Waals surface area (Å²) in [4.78, 5) is 26.2. The number of amides is 2. The zero-order valence-electron chi connectivity index (χ0n) is 15.4. The lowest BCUT2D eigenvalue weighted by molar-refractivity contribution is -0.117. The molecular formula is C21H24N2O4. The summed E-state index contributed by atoms with van der Waals surface area (Å²) in [6.07, 6.45) is 1.38. The molecule has 6 heteroatoms. The molecule has 1 N–H and O–H groups in total. The molecule has 0 spiro atoms. The van der Waals surface area contributed by atoms with Gasteiger partial charge in [0.25, 0.3) is 0 Å². The fourth-order valence-electron chi connectivity index (χ4n) is 2.62. The summed E-state index contributed by atoms with van der Waals surface area (Å²) in [5.74, 6) is 0.510. The SMILES string of the molecule is CCOCCN(C(=O)Oc1cccc(NC(=O)C2CC2)c1)c1ccccc1. The number of rotatable bonds is 8. The third-order valence-corrected chi connectivity index (χ3v) is 4.21. The lowest BCUT2D eigenvalue weighted by Crippen LogP contribution is -2.36. The van der Waals surface area contributed by atoms with Gasteiger partial charge in [0.05, 0.1) is 13.2 Å². The Morgan fingerprint density at radius 2 is 1.89 bits per heavy atom. The van der Waals surface area contributed by atoms with Crippen molar-refractivity contribution in [2.45, 2.75) is 19.8 Å². The Morgan fingerprint density at radius 3 is 2.59 bits per heavy atom. The van der Waals surface area contributed by atoms with Crippen LogP contribution in [0.1, 0.15) is 19.8 Å². The Hall–Kier alpha value is -2.86. The Morgan fingerprint density at radius 1 is 1.11 bits per heavy atom. The van der Waals surface area contributed by atoms with E-state index in [0.717, 1.165) is 18.5 Å². The minimum atomic E-state index is -0.494. The molecule has 0 bridgehead atoms. The smallest absolute Gasteiger partial charge is 0.410 e. The minimum absolute atomic E-state index is 0.0149. The molecule has 1 saturated carbocycles. The van der Waals surface area contributed by atoms with E-state index in [9.17, 15) is 9.59 Å². The van der Waals surface area contributed by atoms with E-state index in [4.69, 9.17) is 9.47 Å². The van der Waals surface area contributed by atoms with Gasteiger partial charge in [-0.1, -0.05) is 24.3 Å². The van der Waals surface area contributed by atoms with Crippen molar-refractivity contribution in [1.82, 2.24) is 0 Å². The van der Waals surface area contributed by atoms with Crippen LogP contribution in [0.5, 0.6) is 5.75 Å². The second kappa shape index (κ2) is 9.19. The number of para-hydroxylation sites is 1.